The third kappa shape index (κ3) is 2.94. The summed E-state index contributed by atoms with van der Waals surface area (Å²) >= 11 is 15.4. The third-order valence-corrected chi connectivity index (χ3v) is 3.67. The molecule has 94 valence electrons. The van der Waals surface area contributed by atoms with Crippen molar-refractivity contribution < 1.29 is 0 Å². The average Bonchev–Trinajstić information content (AvgIpc) is 2.30. The molecular formula is C12H10BrCl2N3. The van der Waals surface area contributed by atoms with Gasteiger partial charge in [-0.3, -0.25) is 0 Å². The fourth-order valence-corrected chi connectivity index (χ4v) is 2.17. The first-order valence-corrected chi connectivity index (χ1v) is 6.75. The molecule has 0 spiro atoms. The van der Waals surface area contributed by atoms with Crippen molar-refractivity contribution in [2.24, 2.45) is 0 Å². The summed E-state index contributed by atoms with van der Waals surface area (Å²) in [5, 5.41) is 4.29. The van der Waals surface area contributed by atoms with E-state index in [1.54, 1.807) is 6.92 Å². The first-order chi connectivity index (χ1) is 8.47. The number of rotatable bonds is 2. The highest BCUT2D eigenvalue weighted by atomic mass is 79.9. The van der Waals surface area contributed by atoms with Gasteiger partial charge >= 0.3 is 0 Å². The highest BCUT2D eigenvalue weighted by Gasteiger charge is 2.09. The first kappa shape index (κ1) is 13.6. The van der Waals surface area contributed by atoms with E-state index in [9.17, 15) is 0 Å². The van der Waals surface area contributed by atoms with Gasteiger partial charge in [-0.15, -0.1) is 0 Å². The fraction of sp³-hybridized carbons (Fsp3) is 0.167. The van der Waals surface area contributed by atoms with Gasteiger partial charge < -0.3 is 5.32 Å². The van der Waals surface area contributed by atoms with E-state index in [1.807, 2.05) is 25.1 Å². The average molecular weight is 347 g/mol. The fourth-order valence-electron chi connectivity index (χ4n) is 1.44. The summed E-state index contributed by atoms with van der Waals surface area (Å²) in [7, 11) is 0. The monoisotopic (exact) mass is 345 g/mol. The lowest BCUT2D eigenvalue weighted by atomic mass is 10.3. The van der Waals surface area contributed by atoms with Gasteiger partial charge in [-0.1, -0.05) is 23.2 Å². The van der Waals surface area contributed by atoms with Crippen LogP contribution in [0.5, 0.6) is 0 Å². The van der Waals surface area contributed by atoms with Crippen LogP contribution in [0.3, 0.4) is 0 Å². The predicted molar refractivity (Wildman–Crippen MR) is 79.0 cm³/mol. The van der Waals surface area contributed by atoms with Gasteiger partial charge in [0, 0.05) is 15.1 Å². The molecule has 2 aromatic rings. The Morgan fingerprint density at radius 2 is 1.89 bits per heavy atom. The van der Waals surface area contributed by atoms with Crippen LogP contribution in [0.4, 0.5) is 11.5 Å². The van der Waals surface area contributed by atoms with Gasteiger partial charge in [0.1, 0.15) is 16.8 Å². The zero-order valence-electron chi connectivity index (χ0n) is 9.76. The number of nitrogens with one attached hydrogen (secondary N) is 1. The van der Waals surface area contributed by atoms with Gasteiger partial charge in [0.05, 0.1) is 5.69 Å². The Labute approximate surface area is 124 Å². The van der Waals surface area contributed by atoms with Gasteiger partial charge in [0.15, 0.2) is 0 Å². The molecule has 0 aliphatic rings. The Kier molecular flexibility index (Phi) is 4.10. The largest absolute Gasteiger partial charge is 0.339 e. The topological polar surface area (TPSA) is 37.8 Å². The minimum Gasteiger partial charge on any atom is -0.339 e. The molecule has 0 fully saturated rings. The second-order valence-electron chi connectivity index (χ2n) is 3.78. The van der Waals surface area contributed by atoms with Crippen LogP contribution in [-0.2, 0) is 0 Å². The van der Waals surface area contributed by atoms with Crippen molar-refractivity contribution in [3.8, 4) is 0 Å². The number of hydrogen-bond donors (Lipinski definition) is 1. The van der Waals surface area contributed by atoms with E-state index >= 15 is 0 Å². The normalized spacial score (nSPS) is 10.5. The van der Waals surface area contributed by atoms with Crippen molar-refractivity contribution in [3.63, 3.8) is 0 Å². The molecule has 0 saturated carbocycles. The molecule has 0 unspecified atom stereocenters. The molecule has 0 saturated heterocycles. The lowest BCUT2D eigenvalue weighted by molar-refractivity contribution is 1.04. The number of aromatic nitrogens is 2. The summed E-state index contributed by atoms with van der Waals surface area (Å²) in [6, 6.07) is 5.49. The molecule has 0 atom stereocenters. The smallest absolute Gasteiger partial charge is 0.138 e. The molecule has 2 rings (SSSR count). The van der Waals surface area contributed by atoms with E-state index in [2.05, 4.69) is 31.2 Å². The first-order valence-electron chi connectivity index (χ1n) is 5.20. The van der Waals surface area contributed by atoms with E-state index in [-0.39, 0.29) is 0 Å². The van der Waals surface area contributed by atoms with E-state index < -0.39 is 0 Å². The van der Waals surface area contributed by atoms with Crippen LogP contribution in [-0.4, -0.2) is 9.97 Å². The Morgan fingerprint density at radius 1 is 1.17 bits per heavy atom. The standard InChI is InChI=1S/C12H10BrCl2N3/c1-6-11(15)16-7(2)17-12(6)18-10-5-8(14)3-4-9(10)13/h3-5H,1-2H3,(H,16,17,18). The van der Waals surface area contributed by atoms with Crippen LogP contribution in [0.1, 0.15) is 11.4 Å². The summed E-state index contributed by atoms with van der Waals surface area (Å²) in [4.78, 5) is 8.42. The van der Waals surface area contributed by atoms with Crippen LogP contribution in [0.25, 0.3) is 0 Å². The molecular weight excluding hydrogens is 337 g/mol. The van der Waals surface area contributed by atoms with E-state index in [0.29, 0.717) is 21.8 Å². The predicted octanol–water partition coefficient (Wildman–Crippen LogP) is 4.91. The van der Waals surface area contributed by atoms with E-state index in [0.717, 1.165) is 15.7 Å². The number of halogens is 3. The van der Waals surface area contributed by atoms with Gasteiger partial charge in [-0.05, 0) is 48.0 Å². The number of benzene rings is 1. The summed E-state index contributed by atoms with van der Waals surface area (Å²) in [6.07, 6.45) is 0. The highest BCUT2D eigenvalue weighted by molar-refractivity contribution is 9.10. The molecule has 3 nitrogen and oxygen atoms in total. The second-order valence-corrected chi connectivity index (χ2v) is 5.43. The second kappa shape index (κ2) is 5.43. The van der Waals surface area contributed by atoms with E-state index in [1.165, 1.54) is 0 Å². The molecule has 0 bridgehead atoms. The Hall–Kier alpha value is -0.840. The third-order valence-electron chi connectivity index (χ3n) is 2.38. The SMILES string of the molecule is Cc1nc(Cl)c(C)c(Nc2cc(Cl)ccc2Br)n1. The highest BCUT2D eigenvalue weighted by Crippen LogP contribution is 2.30. The molecule has 1 aromatic carbocycles. The van der Waals surface area contributed by atoms with Crippen molar-refractivity contribution >= 4 is 50.6 Å². The van der Waals surface area contributed by atoms with Crippen molar-refractivity contribution in [2.75, 3.05) is 5.32 Å². The van der Waals surface area contributed by atoms with Gasteiger partial charge in [0.2, 0.25) is 0 Å². The molecule has 1 aromatic heterocycles. The zero-order valence-corrected chi connectivity index (χ0v) is 12.9. The molecule has 0 amide bonds. The molecule has 18 heavy (non-hydrogen) atoms. The number of anilines is 2. The van der Waals surface area contributed by atoms with Crippen LogP contribution in [0, 0.1) is 13.8 Å². The maximum absolute atomic E-state index is 6.03. The molecule has 0 aliphatic carbocycles. The molecule has 0 radical (unpaired) electrons. The number of nitrogens with zero attached hydrogens (tertiary/aromatic N) is 2. The Balaban J connectivity index is 2.43. The van der Waals surface area contributed by atoms with Crippen molar-refractivity contribution in [2.45, 2.75) is 13.8 Å². The summed E-state index contributed by atoms with van der Waals surface area (Å²) < 4.78 is 0.902. The molecule has 0 aliphatic heterocycles. The number of aryl methyl sites for hydroxylation is 1. The summed E-state index contributed by atoms with van der Waals surface area (Å²) in [5.41, 5.74) is 1.63. The van der Waals surface area contributed by atoms with Crippen LogP contribution >= 0.6 is 39.1 Å². The summed E-state index contributed by atoms with van der Waals surface area (Å²) in [5.74, 6) is 1.29. The van der Waals surface area contributed by atoms with Gasteiger partial charge in [-0.2, -0.15) is 0 Å². The van der Waals surface area contributed by atoms with E-state index in [4.69, 9.17) is 23.2 Å². The maximum Gasteiger partial charge on any atom is 0.138 e. The van der Waals surface area contributed by atoms with Crippen molar-refractivity contribution in [1.82, 2.24) is 9.97 Å². The number of hydrogen-bond acceptors (Lipinski definition) is 3. The molecule has 1 N–H and O–H groups in total. The van der Waals surface area contributed by atoms with Crippen molar-refractivity contribution in [1.29, 1.82) is 0 Å². The van der Waals surface area contributed by atoms with Crippen LogP contribution < -0.4 is 5.32 Å². The minimum atomic E-state index is 0.447. The molecule has 1 heterocycles. The molecule has 6 heteroatoms. The zero-order chi connectivity index (χ0) is 13.3. The van der Waals surface area contributed by atoms with Gasteiger partial charge in [-0.25, -0.2) is 9.97 Å². The van der Waals surface area contributed by atoms with Crippen LogP contribution in [0.2, 0.25) is 10.2 Å². The van der Waals surface area contributed by atoms with Crippen molar-refractivity contribution in [3.05, 3.63) is 44.2 Å². The Bertz CT molecular complexity index is 602. The Morgan fingerprint density at radius 3 is 2.61 bits per heavy atom. The quantitative estimate of drug-likeness (QED) is 0.785. The van der Waals surface area contributed by atoms with Gasteiger partial charge in [0.25, 0.3) is 0 Å². The summed E-state index contributed by atoms with van der Waals surface area (Å²) in [6.45, 7) is 3.66. The minimum absolute atomic E-state index is 0.447. The maximum atomic E-state index is 6.03. The lowest BCUT2D eigenvalue weighted by Crippen LogP contribution is -2.01. The van der Waals surface area contributed by atoms with Crippen LogP contribution in [0.15, 0.2) is 22.7 Å². The lowest BCUT2D eigenvalue weighted by Gasteiger charge is -2.11.